The van der Waals surface area contributed by atoms with Crippen molar-refractivity contribution in [2.75, 3.05) is 14.2 Å². The van der Waals surface area contributed by atoms with Crippen LogP contribution in [-0.4, -0.2) is 36.6 Å². The first kappa shape index (κ1) is 16.8. The smallest absolute Gasteiger partial charge is 0.122 e. The average molecular weight is 282 g/mol. The van der Waals surface area contributed by atoms with E-state index < -0.39 is 12.2 Å². The lowest BCUT2D eigenvalue weighted by Crippen LogP contribution is -2.27. The van der Waals surface area contributed by atoms with Crippen LogP contribution in [0.4, 0.5) is 0 Å². The van der Waals surface area contributed by atoms with Crippen molar-refractivity contribution in [3.8, 4) is 11.5 Å². The molecule has 0 aromatic heterocycles. The number of methoxy groups -OCH3 is 2. The van der Waals surface area contributed by atoms with Gasteiger partial charge in [0.1, 0.15) is 11.5 Å². The maximum absolute atomic E-state index is 10.0. The molecule has 1 aromatic carbocycles. The molecule has 4 heteroatoms. The fraction of sp³-hybridized carbons (Fsp3) is 0.625. The highest BCUT2D eigenvalue weighted by Gasteiger charge is 2.21. The van der Waals surface area contributed by atoms with Gasteiger partial charge < -0.3 is 19.7 Å². The second-order valence-electron chi connectivity index (χ2n) is 5.17. The predicted octanol–water partition coefficient (Wildman–Crippen LogP) is 2.72. The standard InChI is InChI=1S/C16H26O4/c1-5-6-14(17)15(18)9-11(2)13-10-12(19-3)7-8-16(13)20-4/h7-8,10-11,14-15,17-18H,5-6,9H2,1-4H3. The fourth-order valence-corrected chi connectivity index (χ4v) is 2.36. The summed E-state index contributed by atoms with van der Waals surface area (Å²) in [5, 5.41) is 19.9. The van der Waals surface area contributed by atoms with Crippen molar-refractivity contribution in [1.29, 1.82) is 0 Å². The summed E-state index contributed by atoms with van der Waals surface area (Å²) < 4.78 is 10.6. The summed E-state index contributed by atoms with van der Waals surface area (Å²) in [6, 6.07) is 5.62. The number of rotatable bonds is 8. The molecular formula is C16H26O4. The Kier molecular flexibility index (Phi) is 6.82. The van der Waals surface area contributed by atoms with Crippen LogP contribution in [-0.2, 0) is 0 Å². The average Bonchev–Trinajstić information content (AvgIpc) is 2.46. The van der Waals surface area contributed by atoms with Gasteiger partial charge in [0.25, 0.3) is 0 Å². The van der Waals surface area contributed by atoms with E-state index in [2.05, 4.69) is 0 Å². The van der Waals surface area contributed by atoms with Gasteiger partial charge in [0.2, 0.25) is 0 Å². The lowest BCUT2D eigenvalue weighted by molar-refractivity contribution is 0.00627. The summed E-state index contributed by atoms with van der Waals surface area (Å²) in [7, 11) is 3.25. The Morgan fingerprint density at radius 1 is 1.10 bits per heavy atom. The van der Waals surface area contributed by atoms with Gasteiger partial charge in [-0.1, -0.05) is 20.3 Å². The molecule has 0 bridgehead atoms. The molecular weight excluding hydrogens is 256 g/mol. The topological polar surface area (TPSA) is 58.9 Å². The summed E-state index contributed by atoms with van der Waals surface area (Å²) in [4.78, 5) is 0. The van der Waals surface area contributed by atoms with Crippen molar-refractivity contribution in [3.05, 3.63) is 23.8 Å². The van der Waals surface area contributed by atoms with Crippen LogP contribution in [0.25, 0.3) is 0 Å². The third kappa shape index (κ3) is 4.39. The second kappa shape index (κ2) is 8.12. The van der Waals surface area contributed by atoms with Crippen LogP contribution in [0.1, 0.15) is 44.6 Å². The van der Waals surface area contributed by atoms with Gasteiger partial charge in [0.05, 0.1) is 26.4 Å². The van der Waals surface area contributed by atoms with Gasteiger partial charge in [-0.05, 0) is 37.0 Å². The van der Waals surface area contributed by atoms with E-state index in [-0.39, 0.29) is 5.92 Å². The number of benzene rings is 1. The van der Waals surface area contributed by atoms with Crippen LogP contribution in [0.3, 0.4) is 0 Å². The Labute approximate surface area is 121 Å². The van der Waals surface area contributed by atoms with E-state index in [1.54, 1.807) is 14.2 Å². The molecule has 3 atom stereocenters. The number of hydrogen-bond donors (Lipinski definition) is 2. The Bertz CT molecular complexity index is 405. The highest BCUT2D eigenvalue weighted by Crippen LogP contribution is 2.33. The zero-order valence-corrected chi connectivity index (χ0v) is 12.8. The first-order chi connectivity index (χ1) is 9.53. The van der Waals surface area contributed by atoms with Crippen molar-refractivity contribution >= 4 is 0 Å². The first-order valence-electron chi connectivity index (χ1n) is 7.11. The Balaban J connectivity index is 2.82. The molecule has 114 valence electrons. The molecule has 0 aliphatic heterocycles. The van der Waals surface area contributed by atoms with Crippen molar-refractivity contribution in [3.63, 3.8) is 0 Å². The van der Waals surface area contributed by atoms with E-state index in [1.165, 1.54) is 0 Å². The minimum absolute atomic E-state index is 0.0709. The zero-order valence-electron chi connectivity index (χ0n) is 12.8. The normalized spacial score (nSPS) is 15.5. The molecule has 0 fully saturated rings. The van der Waals surface area contributed by atoms with Gasteiger partial charge >= 0.3 is 0 Å². The molecule has 0 saturated heterocycles. The summed E-state index contributed by atoms with van der Waals surface area (Å²) in [5.74, 6) is 1.60. The molecule has 0 aliphatic carbocycles. The molecule has 0 aliphatic rings. The number of ether oxygens (including phenoxy) is 2. The predicted molar refractivity (Wildman–Crippen MR) is 79.5 cm³/mol. The summed E-state index contributed by atoms with van der Waals surface area (Å²) >= 11 is 0. The highest BCUT2D eigenvalue weighted by molar-refractivity contribution is 5.42. The summed E-state index contributed by atoms with van der Waals surface area (Å²) in [5.41, 5.74) is 0.981. The van der Waals surface area contributed by atoms with Crippen molar-refractivity contribution < 1.29 is 19.7 Å². The van der Waals surface area contributed by atoms with Crippen LogP contribution in [0, 0.1) is 0 Å². The fourth-order valence-electron chi connectivity index (χ4n) is 2.36. The van der Waals surface area contributed by atoms with Gasteiger partial charge in [-0.25, -0.2) is 0 Å². The quantitative estimate of drug-likeness (QED) is 0.769. The number of aliphatic hydroxyl groups is 2. The lowest BCUT2D eigenvalue weighted by Gasteiger charge is -2.22. The van der Waals surface area contributed by atoms with E-state index in [4.69, 9.17) is 9.47 Å². The van der Waals surface area contributed by atoms with Gasteiger partial charge in [0.15, 0.2) is 0 Å². The molecule has 0 saturated carbocycles. The molecule has 2 N–H and O–H groups in total. The maximum Gasteiger partial charge on any atom is 0.122 e. The van der Waals surface area contributed by atoms with E-state index in [0.717, 1.165) is 23.5 Å². The van der Waals surface area contributed by atoms with E-state index >= 15 is 0 Å². The Morgan fingerprint density at radius 3 is 2.35 bits per heavy atom. The Hall–Kier alpha value is -1.26. The molecule has 20 heavy (non-hydrogen) atoms. The number of aliphatic hydroxyl groups excluding tert-OH is 2. The van der Waals surface area contributed by atoms with Gasteiger partial charge in [-0.3, -0.25) is 0 Å². The van der Waals surface area contributed by atoms with Crippen LogP contribution in [0.15, 0.2) is 18.2 Å². The van der Waals surface area contributed by atoms with Crippen LogP contribution >= 0.6 is 0 Å². The van der Waals surface area contributed by atoms with Crippen molar-refractivity contribution in [2.45, 2.75) is 51.2 Å². The van der Waals surface area contributed by atoms with Gasteiger partial charge in [-0.2, -0.15) is 0 Å². The largest absolute Gasteiger partial charge is 0.497 e. The molecule has 0 amide bonds. The summed E-state index contributed by atoms with van der Waals surface area (Å²) in [6.45, 7) is 4.00. The summed E-state index contributed by atoms with van der Waals surface area (Å²) in [6.07, 6.45) is 0.572. The highest BCUT2D eigenvalue weighted by atomic mass is 16.5. The third-order valence-corrected chi connectivity index (χ3v) is 3.59. The SMILES string of the molecule is CCCC(O)C(O)CC(C)c1cc(OC)ccc1OC. The van der Waals surface area contributed by atoms with Crippen molar-refractivity contribution in [1.82, 2.24) is 0 Å². The van der Waals surface area contributed by atoms with Crippen LogP contribution < -0.4 is 9.47 Å². The van der Waals surface area contributed by atoms with Crippen LogP contribution in [0.2, 0.25) is 0 Å². The first-order valence-corrected chi connectivity index (χ1v) is 7.11. The molecule has 0 heterocycles. The minimum Gasteiger partial charge on any atom is -0.497 e. The van der Waals surface area contributed by atoms with Gasteiger partial charge in [0, 0.05) is 5.56 Å². The molecule has 1 rings (SSSR count). The maximum atomic E-state index is 10.0. The molecule has 0 radical (unpaired) electrons. The second-order valence-corrected chi connectivity index (χ2v) is 5.17. The van der Waals surface area contributed by atoms with E-state index in [0.29, 0.717) is 12.8 Å². The van der Waals surface area contributed by atoms with Crippen molar-refractivity contribution in [2.24, 2.45) is 0 Å². The van der Waals surface area contributed by atoms with Crippen LogP contribution in [0.5, 0.6) is 11.5 Å². The molecule has 1 aromatic rings. The van der Waals surface area contributed by atoms with E-state index in [1.807, 2.05) is 32.0 Å². The monoisotopic (exact) mass is 282 g/mol. The Morgan fingerprint density at radius 2 is 1.80 bits per heavy atom. The minimum atomic E-state index is -0.721. The van der Waals surface area contributed by atoms with E-state index in [9.17, 15) is 10.2 Å². The molecule has 0 spiro atoms. The lowest BCUT2D eigenvalue weighted by atomic mass is 9.91. The molecule has 3 unspecified atom stereocenters. The van der Waals surface area contributed by atoms with Gasteiger partial charge in [-0.15, -0.1) is 0 Å². The third-order valence-electron chi connectivity index (χ3n) is 3.59. The molecule has 4 nitrogen and oxygen atoms in total. The number of hydrogen-bond acceptors (Lipinski definition) is 4. The zero-order chi connectivity index (χ0) is 15.1.